The van der Waals surface area contributed by atoms with Crippen molar-refractivity contribution in [3.05, 3.63) is 45.6 Å². The minimum atomic E-state index is 0. The summed E-state index contributed by atoms with van der Waals surface area (Å²) in [6, 6.07) is 4.45. The number of nitrogens with two attached hydrogens (primary N) is 1. The number of nitrogens with zero attached hydrogens (tertiary/aromatic N) is 5. The van der Waals surface area contributed by atoms with E-state index in [0.717, 1.165) is 65.4 Å². The van der Waals surface area contributed by atoms with Gasteiger partial charge in [-0.05, 0) is 38.4 Å². The van der Waals surface area contributed by atoms with Crippen molar-refractivity contribution in [1.29, 1.82) is 0 Å². The molecule has 0 saturated carbocycles. The smallest absolute Gasteiger partial charge is 0.227 e. The van der Waals surface area contributed by atoms with Gasteiger partial charge in [-0.1, -0.05) is 6.07 Å². The number of carbonyl (C=O) groups excluding carboxylic acids is 2. The molecule has 0 aromatic carbocycles. The Hall–Kier alpha value is -1.91. The number of allylic oxidation sites excluding steroid dienone is 1. The molecule has 6 rings (SSSR count). The zero-order valence-corrected chi connectivity index (χ0v) is 22.4. The summed E-state index contributed by atoms with van der Waals surface area (Å²) in [4.78, 5) is 36.9. The summed E-state index contributed by atoms with van der Waals surface area (Å²) in [5, 5.41) is 2.19. The van der Waals surface area contributed by atoms with Gasteiger partial charge in [-0.3, -0.25) is 14.5 Å². The summed E-state index contributed by atoms with van der Waals surface area (Å²) in [5.41, 5.74) is 7.77. The molecule has 1 aromatic heterocycles. The molecular weight excluding hydrogens is 484 g/mol. The van der Waals surface area contributed by atoms with Crippen molar-refractivity contribution in [2.45, 2.75) is 18.4 Å². The zero-order chi connectivity index (χ0) is 23.9. The number of hydrogen-bond acceptors (Lipinski definition) is 9. The third-order valence-corrected chi connectivity index (χ3v) is 8.52. The molecule has 1 aliphatic carbocycles. The van der Waals surface area contributed by atoms with Crippen LogP contribution in [0.25, 0.3) is 0 Å². The van der Waals surface area contributed by atoms with Crippen LogP contribution in [-0.4, -0.2) is 116 Å². The van der Waals surface area contributed by atoms with Gasteiger partial charge in [0.25, 0.3) is 0 Å². The average Bonchev–Trinajstić information content (AvgIpc) is 3.69. The number of halogens is 1. The van der Waals surface area contributed by atoms with Gasteiger partial charge in [0, 0.05) is 76.4 Å². The molecule has 4 aliphatic heterocycles. The highest BCUT2D eigenvalue weighted by molar-refractivity contribution is 7.10. The highest BCUT2D eigenvalue weighted by atomic mass is 35.5. The summed E-state index contributed by atoms with van der Waals surface area (Å²) in [7, 11) is 4.41. The van der Waals surface area contributed by atoms with Gasteiger partial charge in [-0.25, -0.2) is 0 Å². The average molecular weight is 521 g/mol. The Balaban J connectivity index is 0.000000160. The second-order valence-electron chi connectivity index (χ2n) is 9.91. The first kappa shape index (κ1) is 26.2. The van der Waals surface area contributed by atoms with Crippen molar-refractivity contribution >= 4 is 35.3 Å². The molecular formula is C25H37ClN6O2S. The van der Waals surface area contributed by atoms with Crippen LogP contribution >= 0.6 is 23.7 Å². The Morgan fingerprint density at radius 2 is 1.54 bits per heavy atom. The number of Topliss-reactive ketones (excluding diaryl/α,β-unsaturated/α-hetero) is 1. The van der Waals surface area contributed by atoms with Crippen LogP contribution < -0.4 is 5.73 Å². The van der Waals surface area contributed by atoms with Gasteiger partial charge in [0.05, 0.1) is 11.2 Å². The first-order valence-corrected chi connectivity index (χ1v) is 13.3. The third kappa shape index (κ3) is 5.44. The molecule has 0 spiro atoms. The lowest BCUT2D eigenvalue weighted by Crippen LogP contribution is -2.50. The third-order valence-electron chi connectivity index (χ3n) is 7.45. The molecule has 0 radical (unpaired) electrons. The zero-order valence-electron chi connectivity index (χ0n) is 20.7. The molecule has 5 heterocycles. The fourth-order valence-corrected chi connectivity index (χ4v) is 6.13. The summed E-state index contributed by atoms with van der Waals surface area (Å²) in [6.45, 7) is 9.53. The Morgan fingerprint density at radius 3 is 2.03 bits per heavy atom. The maximum Gasteiger partial charge on any atom is 0.227 e. The summed E-state index contributed by atoms with van der Waals surface area (Å²) >= 11 is 1.89. The van der Waals surface area contributed by atoms with Crippen LogP contribution in [0.2, 0.25) is 0 Å². The molecule has 0 unspecified atom stereocenters. The molecule has 5 aliphatic rings. The van der Waals surface area contributed by atoms with Crippen molar-refractivity contribution < 1.29 is 9.59 Å². The van der Waals surface area contributed by atoms with E-state index in [1.54, 1.807) is 0 Å². The van der Waals surface area contributed by atoms with E-state index in [1.807, 2.05) is 26.0 Å². The number of hydrogen-bond donors (Lipinski definition) is 1. The van der Waals surface area contributed by atoms with Crippen LogP contribution in [0.4, 0.5) is 0 Å². The second kappa shape index (κ2) is 10.6. The van der Waals surface area contributed by atoms with E-state index in [9.17, 15) is 9.59 Å². The van der Waals surface area contributed by atoms with Crippen molar-refractivity contribution in [1.82, 2.24) is 24.5 Å². The topological polar surface area (TPSA) is 75.7 Å². The van der Waals surface area contributed by atoms with Crippen molar-refractivity contribution in [2.24, 2.45) is 5.73 Å². The molecule has 2 N–H and O–H groups in total. The lowest BCUT2D eigenvalue weighted by Gasteiger charge is -2.45. The summed E-state index contributed by atoms with van der Waals surface area (Å²) in [5.74, 6) is 0.0485. The van der Waals surface area contributed by atoms with Gasteiger partial charge in [0.2, 0.25) is 11.6 Å². The van der Waals surface area contributed by atoms with E-state index < -0.39 is 0 Å². The Labute approximate surface area is 218 Å². The maximum atomic E-state index is 12.4. The first-order chi connectivity index (χ1) is 16.4. The van der Waals surface area contributed by atoms with Crippen LogP contribution in [0.3, 0.4) is 0 Å². The number of ketones is 2. The lowest BCUT2D eigenvalue weighted by molar-refractivity contribution is -0.117. The number of rotatable bonds is 7. The quantitative estimate of drug-likeness (QED) is 0.424. The molecule has 0 bridgehead atoms. The van der Waals surface area contributed by atoms with Gasteiger partial charge in [0.15, 0.2) is 0 Å². The van der Waals surface area contributed by atoms with Crippen LogP contribution in [0.5, 0.6) is 0 Å². The van der Waals surface area contributed by atoms with E-state index in [0.29, 0.717) is 17.1 Å². The molecule has 1 aromatic rings. The molecule has 35 heavy (non-hydrogen) atoms. The van der Waals surface area contributed by atoms with Gasteiger partial charge in [-0.15, -0.1) is 23.7 Å². The lowest BCUT2D eigenvalue weighted by atomic mass is 9.84. The summed E-state index contributed by atoms with van der Waals surface area (Å²) < 4.78 is 0. The monoisotopic (exact) mass is 520 g/mol. The van der Waals surface area contributed by atoms with E-state index in [4.69, 9.17) is 5.73 Å². The minimum absolute atomic E-state index is 0. The SMILES string of the molecule is CN(C)C1(c2cccs2)CCN(CCN)CC1.Cl.O=C1C=C(N2CC2)C(=O)C(N2CC2)=C1N1CC1. The second-order valence-corrected chi connectivity index (χ2v) is 10.9. The number of piperidine rings is 1. The molecule has 4 saturated heterocycles. The molecule has 192 valence electrons. The van der Waals surface area contributed by atoms with Gasteiger partial charge < -0.3 is 25.3 Å². The van der Waals surface area contributed by atoms with Crippen LogP contribution in [-0.2, 0) is 15.1 Å². The largest absolute Gasteiger partial charge is 0.365 e. The highest BCUT2D eigenvalue weighted by Crippen LogP contribution is 2.39. The molecule has 10 heteroatoms. The Morgan fingerprint density at radius 1 is 0.943 bits per heavy atom. The van der Waals surface area contributed by atoms with Gasteiger partial charge >= 0.3 is 0 Å². The number of thiophene rings is 1. The minimum Gasteiger partial charge on any atom is -0.365 e. The number of likely N-dealkylation sites (tertiary alicyclic amines) is 1. The normalized spacial score (nSPS) is 23.1. The standard InChI is InChI=1S/C13H23N3S.C12H13N3O2.ClH/c1-15(2)13(12-4-3-11-17-12)5-8-16(9-6-13)10-7-14;16-9-7-8(13-1-2-13)12(17)11(15-5-6-15)10(9)14-3-4-14;/h3-4,11H,5-10,14H2,1-2H3;7H,1-6H2;1H. The van der Waals surface area contributed by atoms with Crippen molar-refractivity contribution in [3.63, 3.8) is 0 Å². The van der Waals surface area contributed by atoms with E-state index in [2.05, 4.69) is 41.4 Å². The molecule has 0 amide bonds. The highest BCUT2D eigenvalue weighted by Gasteiger charge is 2.43. The fraction of sp³-hybridized carbons (Fsp3) is 0.600. The van der Waals surface area contributed by atoms with Gasteiger partial charge in [-0.2, -0.15) is 0 Å². The van der Waals surface area contributed by atoms with Crippen molar-refractivity contribution in [3.8, 4) is 0 Å². The van der Waals surface area contributed by atoms with Crippen molar-refractivity contribution in [2.75, 3.05) is 79.5 Å². The molecule has 4 fully saturated rings. The number of carbonyl (C=O) groups is 2. The Bertz CT molecular complexity index is 988. The van der Waals surface area contributed by atoms with E-state index >= 15 is 0 Å². The molecule has 0 atom stereocenters. The maximum absolute atomic E-state index is 12.4. The van der Waals surface area contributed by atoms with Crippen LogP contribution in [0.15, 0.2) is 40.7 Å². The predicted octanol–water partition coefficient (Wildman–Crippen LogP) is 1.16. The first-order valence-electron chi connectivity index (χ1n) is 12.4. The predicted molar refractivity (Wildman–Crippen MR) is 142 cm³/mol. The van der Waals surface area contributed by atoms with Gasteiger partial charge in [0.1, 0.15) is 11.4 Å². The molecule has 8 nitrogen and oxygen atoms in total. The van der Waals surface area contributed by atoms with Crippen LogP contribution in [0.1, 0.15) is 17.7 Å². The van der Waals surface area contributed by atoms with E-state index in [-0.39, 0.29) is 29.5 Å². The van der Waals surface area contributed by atoms with E-state index in [1.165, 1.54) is 23.8 Å². The van der Waals surface area contributed by atoms with Crippen LogP contribution in [0, 0.1) is 0 Å². The fourth-order valence-electron chi connectivity index (χ4n) is 5.06. The summed E-state index contributed by atoms with van der Waals surface area (Å²) in [6.07, 6.45) is 3.94. The Kier molecular flexibility index (Phi) is 7.92.